The second-order valence-corrected chi connectivity index (χ2v) is 11.7. The number of nitrogens with one attached hydrogen (secondary N) is 2. The lowest BCUT2D eigenvalue weighted by atomic mass is 9.78. The van der Waals surface area contributed by atoms with Crippen LogP contribution in [0.15, 0.2) is 30.7 Å². The van der Waals surface area contributed by atoms with Crippen LogP contribution in [0.25, 0.3) is 27.9 Å². The molecule has 0 aliphatic heterocycles. The molecule has 0 saturated heterocycles. The first kappa shape index (κ1) is 22.8. The highest BCUT2D eigenvalue weighted by Crippen LogP contribution is 2.40. The summed E-state index contributed by atoms with van der Waals surface area (Å²) in [5.41, 5.74) is 6.91. The van der Waals surface area contributed by atoms with Crippen LogP contribution in [-0.2, 0) is 9.84 Å². The molecule has 1 fully saturated rings. The molecule has 4 heterocycles. The van der Waals surface area contributed by atoms with Crippen LogP contribution >= 0.6 is 0 Å². The van der Waals surface area contributed by atoms with Crippen molar-refractivity contribution in [1.29, 1.82) is 0 Å². The summed E-state index contributed by atoms with van der Waals surface area (Å²) in [7, 11) is -1.30. The Balaban J connectivity index is 1.44. The number of H-pyrrole nitrogens is 1. The quantitative estimate of drug-likeness (QED) is 0.396. The third-order valence-corrected chi connectivity index (χ3v) is 7.54. The van der Waals surface area contributed by atoms with E-state index in [0.29, 0.717) is 29.9 Å². The average molecular weight is 483 g/mol. The third-order valence-electron chi connectivity index (χ3n) is 6.59. The number of sulfone groups is 1. The topological polar surface area (TPSA) is 114 Å². The van der Waals surface area contributed by atoms with Crippen LogP contribution in [-0.4, -0.2) is 64.7 Å². The fourth-order valence-corrected chi connectivity index (χ4v) is 5.26. The Morgan fingerprint density at radius 1 is 1.29 bits per heavy atom. The molecule has 0 aromatic carbocycles. The van der Waals surface area contributed by atoms with Gasteiger partial charge in [-0.3, -0.25) is 4.98 Å². The van der Waals surface area contributed by atoms with E-state index >= 15 is 0 Å². The smallest absolute Gasteiger partial charge is 0.197 e. The zero-order chi connectivity index (χ0) is 24.0. The van der Waals surface area contributed by atoms with Crippen LogP contribution in [0.2, 0.25) is 0 Å². The molecule has 180 valence electrons. The number of pyridine rings is 2. The Hall–Kier alpha value is -2.98. The summed E-state index contributed by atoms with van der Waals surface area (Å²) in [6, 6.07) is 6.55. The van der Waals surface area contributed by atoms with Crippen molar-refractivity contribution < 1.29 is 13.2 Å². The zero-order valence-electron chi connectivity index (χ0n) is 19.9. The van der Waals surface area contributed by atoms with Crippen LogP contribution in [0.5, 0.6) is 5.75 Å². The lowest BCUT2D eigenvalue weighted by Crippen LogP contribution is -2.42. The van der Waals surface area contributed by atoms with Crippen molar-refractivity contribution in [3.05, 3.63) is 42.0 Å². The third kappa shape index (κ3) is 4.27. The van der Waals surface area contributed by atoms with Gasteiger partial charge >= 0.3 is 0 Å². The van der Waals surface area contributed by atoms with Gasteiger partial charge in [0.05, 0.1) is 29.6 Å². The van der Waals surface area contributed by atoms with E-state index in [1.165, 1.54) is 18.1 Å². The van der Waals surface area contributed by atoms with Gasteiger partial charge < -0.3 is 15.0 Å². The SMILES string of the molecule is COc1cc(-c2[nH]c3ccc(C4CC(NCCS(C)(=O)=O)C4)nc3c2C(C)C)cn2ncnc12. The van der Waals surface area contributed by atoms with E-state index in [0.717, 1.165) is 40.8 Å². The van der Waals surface area contributed by atoms with Crippen molar-refractivity contribution in [3.8, 4) is 17.0 Å². The van der Waals surface area contributed by atoms with Crippen molar-refractivity contribution in [2.45, 2.75) is 44.6 Å². The summed E-state index contributed by atoms with van der Waals surface area (Å²) in [5.74, 6) is 1.48. The minimum absolute atomic E-state index is 0.174. The summed E-state index contributed by atoms with van der Waals surface area (Å²) >= 11 is 0. The van der Waals surface area contributed by atoms with Gasteiger partial charge in [0.1, 0.15) is 16.2 Å². The highest BCUT2D eigenvalue weighted by molar-refractivity contribution is 7.90. The van der Waals surface area contributed by atoms with Crippen molar-refractivity contribution in [2.75, 3.05) is 25.7 Å². The number of ether oxygens (including phenoxy) is 1. The fourth-order valence-electron chi connectivity index (χ4n) is 4.78. The maximum atomic E-state index is 11.3. The fraction of sp³-hybridized carbons (Fsp3) is 0.458. The lowest BCUT2D eigenvalue weighted by molar-refractivity contribution is 0.292. The maximum Gasteiger partial charge on any atom is 0.197 e. The molecule has 1 saturated carbocycles. The predicted octanol–water partition coefficient (Wildman–Crippen LogP) is 3.28. The van der Waals surface area contributed by atoms with Crippen molar-refractivity contribution in [1.82, 2.24) is 29.9 Å². The molecule has 2 N–H and O–H groups in total. The molecular weight excluding hydrogens is 452 g/mol. The normalized spacial score (nSPS) is 18.6. The van der Waals surface area contributed by atoms with Crippen LogP contribution in [0.4, 0.5) is 0 Å². The Bertz CT molecular complexity index is 1450. The Kier molecular flexibility index (Phi) is 5.81. The number of nitrogens with zero attached hydrogens (tertiary/aromatic N) is 4. The molecule has 0 unspecified atom stereocenters. The standard InChI is InChI=1S/C24H30N6O3S/c1-14(2)21-22(16-11-20(33-3)24-26-13-27-30(24)12-16)29-19-6-5-18(28-23(19)21)15-9-17(10-15)25-7-8-34(4,31)32/h5-6,11-15,17,25,29H,7-10H2,1-4H3. The van der Waals surface area contributed by atoms with E-state index in [4.69, 9.17) is 9.72 Å². The van der Waals surface area contributed by atoms with Gasteiger partial charge in [-0.1, -0.05) is 13.8 Å². The van der Waals surface area contributed by atoms with Crippen molar-refractivity contribution in [2.24, 2.45) is 0 Å². The molecule has 1 aliphatic rings. The van der Waals surface area contributed by atoms with E-state index in [2.05, 4.69) is 46.4 Å². The molecule has 4 aromatic heterocycles. The second kappa shape index (κ2) is 8.66. The number of aromatic amines is 1. The minimum Gasteiger partial charge on any atom is -0.493 e. The molecule has 10 heteroatoms. The van der Waals surface area contributed by atoms with E-state index < -0.39 is 9.84 Å². The van der Waals surface area contributed by atoms with Crippen LogP contribution in [0.3, 0.4) is 0 Å². The Morgan fingerprint density at radius 2 is 2.09 bits per heavy atom. The van der Waals surface area contributed by atoms with Crippen LogP contribution < -0.4 is 10.1 Å². The highest BCUT2D eigenvalue weighted by Gasteiger charge is 2.31. The van der Waals surface area contributed by atoms with Gasteiger partial charge in [0, 0.05) is 47.8 Å². The van der Waals surface area contributed by atoms with Gasteiger partial charge in [-0.25, -0.2) is 17.9 Å². The van der Waals surface area contributed by atoms with Crippen LogP contribution in [0, 0.1) is 0 Å². The molecule has 1 aliphatic carbocycles. The van der Waals surface area contributed by atoms with Crippen molar-refractivity contribution >= 4 is 26.5 Å². The minimum atomic E-state index is -2.94. The molecule has 9 nitrogen and oxygen atoms in total. The molecule has 0 bridgehead atoms. The monoisotopic (exact) mass is 482 g/mol. The van der Waals surface area contributed by atoms with Gasteiger partial charge in [-0.05, 0) is 37.0 Å². The van der Waals surface area contributed by atoms with E-state index in [-0.39, 0.29) is 11.7 Å². The molecule has 0 spiro atoms. The molecule has 0 radical (unpaired) electrons. The number of hydrogen-bond acceptors (Lipinski definition) is 7. The van der Waals surface area contributed by atoms with E-state index in [9.17, 15) is 8.42 Å². The number of rotatable bonds is 8. The lowest BCUT2D eigenvalue weighted by Gasteiger charge is -2.35. The van der Waals surface area contributed by atoms with Gasteiger partial charge in [0.2, 0.25) is 0 Å². The van der Waals surface area contributed by atoms with Gasteiger partial charge in [0.25, 0.3) is 0 Å². The summed E-state index contributed by atoms with van der Waals surface area (Å²) in [6.45, 7) is 4.86. The number of hydrogen-bond donors (Lipinski definition) is 2. The molecule has 4 aromatic rings. The van der Waals surface area contributed by atoms with E-state index in [1.807, 2.05) is 12.3 Å². The first-order valence-corrected chi connectivity index (χ1v) is 13.6. The Labute approximate surface area is 198 Å². The van der Waals surface area contributed by atoms with Gasteiger partial charge in [0.15, 0.2) is 11.4 Å². The van der Waals surface area contributed by atoms with Gasteiger partial charge in [-0.15, -0.1) is 0 Å². The summed E-state index contributed by atoms with van der Waals surface area (Å²) in [4.78, 5) is 12.9. The second-order valence-electron chi connectivity index (χ2n) is 9.48. The number of fused-ring (bicyclic) bond motifs is 2. The Morgan fingerprint density at radius 3 is 2.79 bits per heavy atom. The molecule has 34 heavy (non-hydrogen) atoms. The average Bonchev–Trinajstić information content (AvgIpc) is 3.37. The summed E-state index contributed by atoms with van der Waals surface area (Å²) < 4.78 is 30.0. The number of aromatic nitrogens is 5. The van der Waals surface area contributed by atoms with Crippen molar-refractivity contribution in [3.63, 3.8) is 0 Å². The number of methoxy groups -OCH3 is 1. The molecular formula is C24H30N6O3S. The summed E-state index contributed by atoms with van der Waals surface area (Å²) in [6.07, 6.45) is 6.69. The molecule has 0 atom stereocenters. The first-order chi connectivity index (χ1) is 16.2. The zero-order valence-corrected chi connectivity index (χ0v) is 20.7. The summed E-state index contributed by atoms with van der Waals surface area (Å²) in [5, 5.41) is 7.65. The predicted molar refractivity (Wildman–Crippen MR) is 132 cm³/mol. The first-order valence-electron chi connectivity index (χ1n) is 11.5. The molecule has 0 amide bonds. The van der Waals surface area contributed by atoms with Gasteiger partial charge in [-0.2, -0.15) is 5.10 Å². The maximum absolute atomic E-state index is 11.3. The highest BCUT2D eigenvalue weighted by atomic mass is 32.2. The molecule has 5 rings (SSSR count). The van der Waals surface area contributed by atoms with E-state index in [1.54, 1.807) is 11.6 Å². The largest absolute Gasteiger partial charge is 0.493 e. The van der Waals surface area contributed by atoms with Crippen LogP contribution in [0.1, 0.15) is 49.8 Å².